The molecule has 1 aliphatic heterocycles. The molecule has 0 saturated carbocycles. The Kier molecular flexibility index (Phi) is 4.49. The van der Waals surface area contributed by atoms with E-state index in [4.69, 9.17) is 0 Å². The molecule has 0 aromatic carbocycles. The number of aromatic nitrogens is 3. The number of nitrogens with zero attached hydrogens (tertiary/aromatic N) is 3. The van der Waals surface area contributed by atoms with Crippen molar-refractivity contribution in [3.05, 3.63) is 24.3 Å². The highest BCUT2D eigenvalue weighted by atomic mass is 16.2. The van der Waals surface area contributed by atoms with E-state index in [1.54, 1.807) is 4.90 Å². The second-order valence-corrected chi connectivity index (χ2v) is 4.66. The van der Waals surface area contributed by atoms with Crippen molar-refractivity contribution in [2.24, 2.45) is 0 Å². The summed E-state index contributed by atoms with van der Waals surface area (Å²) in [5.41, 5.74) is 0. The van der Waals surface area contributed by atoms with Crippen molar-refractivity contribution in [3.63, 3.8) is 0 Å². The normalized spacial score (nSPS) is 18.1. The van der Waals surface area contributed by atoms with Gasteiger partial charge >= 0.3 is 0 Å². The molecule has 1 aliphatic rings. The van der Waals surface area contributed by atoms with Crippen LogP contribution in [-0.4, -0.2) is 44.5 Å². The molecule has 2 rings (SSSR count). The number of carbonyl (C=O) groups is 2. The highest BCUT2D eigenvalue weighted by molar-refractivity contribution is 5.93. The van der Waals surface area contributed by atoms with Gasteiger partial charge in [-0.2, -0.15) is 5.10 Å². The van der Waals surface area contributed by atoms with Crippen molar-refractivity contribution < 1.29 is 9.59 Å². The smallest absolute Gasteiger partial charge is 0.246 e. The molecule has 2 amide bonds. The highest BCUT2D eigenvalue weighted by Gasteiger charge is 2.32. The fraction of sp³-hybridized carbons (Fsp3) is 0.538. The molecule has 1 aromatic rings. The Labute approximate surface area is 117 Å². The molecule has 1 saturated heterocycles. The van der Waals surface area contributed by atoms with Crippen LogP contribution in [0.2, 0.25) is 0 Å². The molecule has 20 heavy (non-hydrogen) atoms. The quantitative estimate of drug-likeness (QED) is 0.750. The molecular weight excluding hydrogens is 258 g/mol. The third kappa shape index (κ3) is 3.04. The Hall–Kier alpha value is -2.18. The number of carbonyl (C=O) groups excluding carboxylic acids is 2. The van der Waals surface area contributed by atoms with E-state index in [1.165, 1.54) is 6.08 Å². The van der Waals surface area contributed by atoms with E-state index >= 15 is 0 Å². The Morgan fingerprint density at radius 3 is 3.05 bits per heavy atom. The van der Waals surface area contributed by atoms with Crippen molar-refractivity contribution >= 4 is 11.8 Å². The third-order valence-electron chi connectivity index (χ3n) is 3.34. The maximum Gasteiger partial charge on any atom is 0.246 e. The lowest BCUT2D eigenvalue weighted by atomic mass is 10.2. The van der Waals surface area contributed by atoms with Gasteiger partial charge < -0.3 is 10.2 Å². The van der Waals surface area contributed by atoms with Crippen LogP contribution in [0.5, 0.6) is 0 Å². The van der Waals surface area contributed by atoms with E-state index in [0.29, 0.717) is 25.3 Å². The molecule has 1 atom stereocenters. The van der Waals surface area contributed by atoms with Crippen LogP contribution in [0, 0.1) is 0 Å². The van der Waals surface area contributed by atoms with Crippen LogP contribution in [0.3, 0.4) is 0 Å². The maximum atomic E-state index is 12.1. The van der Waals surface area contributed by atoms with Gasteiger partial charge in [0.05, 0.1) is 6.54 Å². The Morgan fingerprint density at radius 2 is 2.40 bits per heavy atom. The summed E-state index contributed by atoms with van der Waals surface area (Å²) in [6.45, 7) is 6.31. The van der Waals surface area contributed by atoms with Gasteiger partial charge in [-0.1, -0.05) is 13.5 Å². The summed E-state index contributed by atoms with van der Waals surface area (Å²) in [5, 5.41) is 9.56. The molecule has 0 aliphatic carbocycles. The van der Waals surface area contributed by atoms with Gasteiger partial charge in [-0.3, -0.25) is 14.7 Å². The van der Waals surface area contributed by atoms with Crippen LogP contribution >= 0.6 is 0 Å². The van der Waals surface area contributed by atoms with Gasteiger partial charge in [0.25, 0.3) is 0 Å². The van der Waals surface area contributed by atoms with Crippen LogP contribution in [0.4, 0.5) is 0 Å². The minimum Gasteiger partial charge on any atom is -0.347 e. The van der Waals surface area contributed by atoms with Gasteiger partial charge in [0.1, 0.15) is 11.9 Å². The number of amides is 2. The Bertz CT molecular complexity index is 511. The highest BCUT2D eigenvalue weighted by Crippen LogP contribution is 2.17. The van der Waals surface area contributed by atoms with E-state index in [1.807, 2.05) is 6.92 Å². The fourth-order valence-corrected chi connectivity index (χ4v) is 2.28. The summed E-state index contributed by atoms with van der Waals surface area (Å²) >= 11 is 0. The molecule has 0 spiro atoms. The van der Waals surface area contributed by atoms with Crippen molar-refractivity contribution in [1.29, 1.82) is 0 Å². The Morgan fingerprint density at radius 1 is 1.60 bits per heavy atom. The molecule has 0 bridgehead atoms. The molecule has 7 nitrogen and oxygen atoms in total. The van der Waals surface area contributed by atoms with Crippen LogP contribution in [0.25, 0.3) is 0 Å². The summed E-state index contributed by atoms with van der Waals surface area (Å²) in [4.78, 5) is 29.5. The number of hydrogen-bond acceptors (Lipinski definition) is 4. The summed E-state index contributed by atoms with van der Waals surface area (Å²) in [6, 6.07) is -0.408. The first kappa shape index (κ1) is 14.2. The minimum atomic E-state index is -0.408. The summed E-state index contributed by atoms with van der Waals surface area (Å²) < 4.78 is 0. The van der Waals surface area contributed by atoms with Crippen molar-refractivity contribution in [2.75, 3.05) is 6.54 Å². The van der Waals surface area contributed by atoms with E-state index in [-0.39, 0.29) is 11.8 Å². The summed E-state index contributed by atoms with van der Waals surface area (Å²) in [6.07, 6.45) is 3.51. The molecule has 1 aromatic heterocycles. The van der Waals surface area contributed by atoms with E-state index in [2.05, 4.69) is 27.1 Å². The average molecular weight is 277 g/mol. The zero-order chi connectivity index (χ0) is 14.5. The zero-order valence-corrected chi connectivity index (χ0v) is 11.6. The standard InChI is InChI=1S/C13H19N5O2/c1-3-10-15-11(17-16-10)8-14-13(20)9-6-5-7-18(9)12(19)4-2/h4,9H,2-3,5-8H2,1H3,(H,14,20)(H,15,16,17). The molecular formula is C13H19N5O2. The first-order valence-electron chi connectivity index (χ1n) is 6.76. The molecule has 2 N–H and O–H groups in total. The molecule has 0 radical (unpaired) electrons. The van der Waals surface area contributed by atoms with E-state index < -0.39 is 6.04 Å². The average Bonchev–Trinajstić information content (AvgIpc) is 3.12. The first-order chi connectivity index (χ1) is 9.65. The monoisotopic (exact) mass is 277 g/mol. The number of hydrogen-bond donors (Lipinski definition) is 2. The number of H-pyrrole nitrogens is 1. The summed E-state index contributed by atoms with van der Waals surface area (Å²) in [7, 11) is 0. The fourth-order valence-electron chi connectivity index (χ4n) is 2.28. The second-order valence-electron chi connectivity index (χ2n) is 4.66. The van der Waals surface area contributed by atoms with Crippen LogP contribution in [0.1, 0.15) is 31.4 Å². The number of aromatic amines is 1. The SMILES string of the molecule is C=CC(=O)N1CCCC1C(=O)NCc1nc(CC)n[nH]1. The van der Waals surface area contributed by atoms with E-state index in [0.717, 1.165) is 18.7 Å². The van der Waals surface area contributed by atoms with Gasteiger partial charge in [-0.25, -0.2) is 4.98 Å². The lowest BCUT2D eigenvalue weighted by Crippen LogP contribution is -2.45. The number of nitrogens with one attached hydrogen (secondary N) is 2. The summed E-state index contributed by atoms with van der Waals surface area (Å²) in [5.74, 6) is 0.983. The minimum absolute atomic E-state index is 0.160. The van der Waals surface area contributed by atoms with Crippen LogP contribution < -0.4 is 5.32 Å². The molecule has 2 heterocycles. The van der Waals surface area contributed by atoms with Crippen LogP contribution in [0.15, 0.2) is 12.7 Å². The predicted octanol–water partition coefficient (Wildman–Crippen LogP) is 0.160. The van der Waals surface area contributed by atoms with Crippen molar-refractivity contribution in [1.82, 2.24) is 25.4 Å². The third-order valence-corrected chi connectivity index (χ3v) is 3.34. The van der Waals surface area contributed by atoms with Gasteiger partial charge in [-0.05, 0) is 18.9 Å². The van der Waals surface area contributed by atoms with Gasteiger partial charge in [-0.15, -0.1) is 0 Å². The topological polar surface area (TPSA) is 91.0 Å². The number of aryl methyl sites for hydroxylation is 1. The van der Waals surface area contributed by atoms with E-state index in [9.17, 15) is 9.59 Å². The lowest BCUT2D eigenvalue weighted by Gasteiger charge is -2.22. The Balaban J connectivity index is 1.90. The lowest BCUT2D eigenvalue weighted by molar-refractivity contribution is -0.135. The number of likely N-dealkylation sites (tertiary alicyclic amines) is 1. The molecule has 1 unspecified atom stereocenters. The first-order valence-corrected chi connectivity index (χ1v) is 6.76. The molecule has 1 fully saturated rings. The van der Waals surface area contributed by atoms with Gasteiger partial charge in [0.15, 0.2) is 5.82 Å². The second kappa shape index (κ2) is 6.31. The predicted molar refractivity (Wildman–Crippen MR) is 72.5 cm³/mol. The largest absolute Gasteiger partial charge is 0.347 e. The molecule has 7 heteroatoms. The van der Waals surface area contributed by atoms with Crippen molar-refractivity contribution in [2.45, 2.75) is 38.8 Å². The number of rotatable bonds is 5. The maximum absolute atomic E-state index is 12.1. The van der Waals surface area contributed by atoms with Crippen LogP contribution in [-0.2, 0) is 22.6 Å². The van der Waals surface area contributed by atoms with Gasteiger partial charge in [0, 0.05) is 13.0 Å². The van der Waals surface area contributed by atoms with Crippen molar-refractivity contribution in [3.8, 4) is 0 Å². The van der Waals surface area contributed by atoms with Gasteiger partial charge in [0.2, 0.25) is 11.8 Å². The molecule has 108 valence electrons. The zero-order valence-electron chi connectivity index (χ0n) is 11.6.